The summed E-state index contributed by atoms with van der Waals surface area (Å²) >= 11 is 0. The zero-order chi connectivity index (χ0) is 31.3. The monoisotopic (exact) mass is 582 g/mol. The summed E-state index contributed by atoms with van der Waals surface area (Å²) in [6, 6.07) is 28.4. The molecule has 6 rings (SSSR count). The molecule has 0 bridgehead atoms. The highest BCUT2D eigenvalue weighted by atomic mass is 16.3. The molecule has 1 atom stereocenters. The van der Waals surface area contributed by atoms with Gasteiger partial charge in [0.05, 0.1) is 0 Å². The Morgan fingerprint density at radius 2 is 1.14 bits per heavy atom. The summed E-state index contributed by atoms with van der Waals surface area (Å²) in [5.41, 5.74) is 3.08. The van der Waals surface area contributed by atoms with Gasteiger partial charge in [0.2, 0.25) is 11.6 Å². The van der Waals surface area contributed by atoms with Crippen LogP contribution in [0.4, 0.5) is 0 Å². The van der Waals surface area contributed by atoms with Crippen molar-refractivity contribution in [1.82, 2.24) is 0 Å². The fourth-order valence-corrected chi connectivity index (χ4v) is 6.86. The van der Waals surface area contributed by atoms with Crippen LogP contribution in [0, 0.1) is 5.41 Å². The molecule has 4 aromatic carbocycles. The highest BCUT2D eigenvalue weighted by Crippen LogP contribution is 2.56. The fraction of sp³-hybridized carbons (Fsp3) is 0.179. The third-order valence-corrected chi connectivity index (χ3v) is 9.80. The fourth-order valence-electron chi connectivity index (χ4n) is 6.86. The van der Waals surface area contributed by atoms with E-state index in [1.807, 2.05) is 60.7 Å². The third-order valence-electron chi connectivity index (χ3n) is 9.80. The summed E-state index contributed by atoms with van der Waals surface area (Å²) < 4.78 is 0. The number of allylic oxidation sites excluding steroid dienone is 5. The third kappa shape index (κ3) is 4.47. The summed E-state index contributed by atoms with van der Waals surface area (Å²) in [5.74, 6) is -0.553. The molecule has 5 heteroatoms. The maximum Gasteiger partial charge on any atom is 0.233 e. The lowest BCUT2D eigenvalue weighted by molar-refractivity contribution is -0.113. The molecule has 220 valence electrons. The number of benzene rings is 4. The molecule has 0 saturated heterocycles. The van der Waals surface area contributed by atoms with E-state index < -0.39 is 27.8 Å². The molecule has 44 heavy (non-hydrogen) atoms. The summed E-state index contributed by atoms with van der Waals surface area (Å²) in [6.45, 7) is 6.24. The molecule has 4 aromatic rings. The Balaban J connectivity index is 1.55. The number of hydrogen-bond acceptors (Lipinski definition) is 5. The molecule has 2 aliphatic carbocycles. The quantitative estimate of drug-likeness (QED) is 0.202. The Morgan fingerprint density at radius 3 is 1.64 bits per heavy atom. The molecule has 0 heterocycles. The van der Waals surface area contributed by atoms with Crippen molar-refractivity contribution in [1.29, 1.82) is 0 Å². The van der Waals surface area contributed by atoms with Crippen LogP contribution in [-0.4, -0.2) is 26.9 Å². The van der Waals surface area contributed by atoms with Crippen LogP contribution in [0.5, 0.6) is 17.2 Å². The predicted octanol–water partition coefficient (Wildman–Crippen LogP) is 7.81. The number of fused-ring (bicyclic) bond motifs is 1. The van der Waals surface area contributed by atoms with Gasteiger partial charge in [0.1, 0.15) is 17.2 Å². The number of phenols is 3. The van der Waals surface area contributed by atoms with Gasteiger partial charge in [-0.3, -0.25) is 9.59 Å². The van der Waals surface area contributed by atoms with Crippen molar-refractivity contribution < 1.29 is 24.9 Å². The average molecular weight is 583 g/mol. The topological polar surface area (TPSA) is 94.8 Å². The van der Waals surface area contributed by atoms with Crippen LogP contribution in [0.25, 0.3) is 6.08 Å². The van der Waals surface area contributed by atoms with E-state index in [9.17, 15) is 24.9 Å². The second-order valence-electron chi connectivity index (χ2n) is 12.4. The van der Waals surface area contributed by atoms with Crippen molar-refractivity contribution in [3.8, 4) is 17.2 Å². The number of Topliss-reactive ketones (excluding diaryl/α,β-unsaturated/α-hetero) is 2. The van der Waals surface area contributed by atoms with E-state index in [1.54, 1.807) is 48.5 Å². The summed E-state index contributed by atoms with van der Waals surface area (Å²) in [4.78, 5) is 27.4. The van der Waals surface area contributed by atoms with E-state index in [-0.39, 0.29) is 17.2 Å². The van der Waals surface area contributed by atoms with E-state index in [0.29, 0.717) is 23.1 Å². The lowest BCUT2D eigenvalue weighted by atomic mass is 9.53. The van der Waals surface area contributed by atoms with Crippen LogP contribution in [0.3, 0.4) is 0 Å². The molecule has 0 aromatic heterocycles. The minimum atomic E-state index is -0.904. The minimum Gasteiger partial charge on any atom is -0.508 e. The predicted molar refractivity (Wildman–Crippen MR) is 172 cm³/mol. The van der Waals surface area contributed by atoms with E-state index in [1.165, 1.54) is 0 Å². The number of ketones is 2. The van der Waals surface area contributed by atoms with Crippen LogP contribution in [0.2, 0.25) is 0 Å². The van der Waals surface area contributed by atoms with Gasteiger partial charge in [-0.15, -0.1) is 0 Å². The van der Waals surface area contributed by atoms with E-state index in [0.717, 1.165) is 22.3 Å². The van der Waals surface area contributed by atoms with Crippen molar-refractivity contribution in [3.63, 3.8) is 0 Å². The molecule has 1 unspecified atom stereocenters. The van der Waals surface area contributed by atoms with Crippen LogP contribution in [0.15, 0.2) is 126 Å². The minimum absolute atomic E-state index is 0.149. The molecule has 0 aliphatic heterocycles. The number of carbonyl (C=O) groups excluding carboxylic acids is 2. The smallest absolute Gasteiger partial charge is 0.233 e. The summed E-state index contributed by atoms with van der Waals surface area (Å²) in [5, 5.41) is 30.1. The lowest BCUT2D eigenvalue weighted by Gasteiger charge is -2.49. The zero-order valence-corrected chi connectivity index (χ0v) is 24.9. The van der Waals surface area contributed by atoms with Gasteiger partial charge in [0, 0.05) is 27.4 Å². The van der Waals surface area contributed by atoms with E-state index in [4.69, 9.17) is 0 Å². The Hall–Kier alpha value is -5.16. The van der Waals surface area contributed by atoms with Gasteiger partial charge in [-0.2, -0.15) is 0 Å². The van der Waals surface area contributed by atoms with Crippen molar-refractivity contribution in [2.45, 2.75) is 38.0 Å². The molecule has 0 fully saturated rings. The van der Waals surface area contributed by atoms with Crippen molar-refractivity contribution in [2.75, 3.05) is 0 Å². The Bertz CT molecular complexity index is 1810. The second kappa shape index (κ2) is 10.5. The van der Waals surface area contributed by atoms with E-state index in [2.05, 4.69) is 32.9 Å². The standard InChI is InChI=1S/C39H34O5/c1-37(2,26-8-14-30(40)15-9-26)39(34-24-25-6-4-5-7-33(25)35(43)36(34)44)22-20-29(21-23-39)38(3,27-10-16-31(41)17-11-27)28-12-18-32(42)19-13-28/h4-22,24,40-42H,23H2,1-3H3. The van der Waals surface area contributed by atoms with Gasteiger partial charge in [0.25, 0.3) is 0 Å². The first kappa shape index (κ1) is 28.9. The van der Waals surface area contributed by atoms with Gasteiger partial charge >= 0.3 is 0 Å². The normalized spacial score (nSPS) is 18.4. The van der Waals surface area contributed by atoms with Gasteiger partial charge in [-0.05, 0) is 83.6 Å². The van der Waals surface area contributed by atoms with Crippen LogP contribution in [0.1, 0.15) is 59.8 Å². The maximum absolute atomic E-state index is 14.0. The first-order valence-electron chi connectivity index (χ1n) is 14.7. The Morgan fingerprint density at radius 1 is 0.636 bits per heavy atom. The van der Waals surface area contributed by atoms with Crippen molar-refractivity contribution in [2.24, 2.45) is 5.41 Å². The van der Waals surface area contributed by atoms with Gasteiger partial charge < -0.3 is 15.3 Å². The highest BCUT2D eigenvalue weighted by molar-refractivity contribution is 6.52. The molecule has 0 radical (unpaired) electrons. The molecule has 5 nitrogen and oxygen atoms in total. The molecule has 0 spiro atoms. The first-order valence-corrected chi connectivity index (χ1v) is 14.7. The molecular formula is C39H34O5. The number of hydrogen-bond donors (Lipinski definition) is 3. The molecular weight excluding hydrogens is 548 g/mol. The highest BCUT2D eigenvalue weighted by Gasteiger charge is 2.52. The molecule has 3 N–H and O–H groups in total. The number of aromatic hydroxyl groups is 3. The number of carbonyl (C=O) groups is 2. The average Bonchev–Trinajstić information content (AvgIpc) is 3.03. The Labute approximate surface area is 257 Å². The SMILES string of the molecule is CC(C1=CCC(C2=Cc3ccccc3C(=O)C2=O)(C(C)(C)c2ccc(O)cc2)C=C1)(c1ccc(O)cc1)c1ccc(O)cc1. The lowest BCUT2D eigenvalue weighted by Crippen LogP contribution is -2.46. The van der Waals surface area contributed by atoms with Crippen LogP contribution in [-0.2, 0) is 15.6 Å². The van der Waals surface area contributed by atoms with Gasteiger partial charge in [0.15, 0.2) is 0 Å². The number of phenolic OH excluding ortho intramolecular Hbond substituents is 3. The van der Waals surface area contributed by atoms with Gasteiger partial charge in [-0.1, -0.05) is 92.7 Å². The molecule has 0 saturated carbocycles. The van der Waals surface area contributed by atoms with Crippen LogP contribution >= 0.6 is 0 Å². The van der Waals surface area contributed by atoms with E-state index >= 15 is 0 Å². The second-order valence-corrected chi connectivity index (χ2v) is 12.4. The Kier molecular flexibility index (Phi) is 6.92. The largest absolute Gasteiger partial charge is 0.508 e. The first-order chi connectivity index (χ1) is 21.0. The molecule has 2 aliphatic rings. The summed E-state index contributed by atoms with van der Waals surface area (Å²) in [6.07, 6.45) is 8.54. The number of rotatable bonds is 6. The molecule has 0 amide bonds. The van der Waals surface area contributed by atoms with Crippen molar-refractivity contribution in [3.05, 3.63) is 154 Å². The van der Waals surface area contributed by atoms with Gasteiger partial charge in [-0.25, -0.2) is 0 Å². The van der Waals surface area contributed by atoms with Crippen LogP contribution < -0.4 is 0 Å². The maximum atomic E-state index is 14.0. The van der Waals surface area contributed by atoms with Crippen molar-refractivity contribution >= 4 is 17.6 Å². The zero-order valence-electron chi connectivity index (χ0n) is 24.9. The summed E-state index contributed by atoms with van der Waals surface area (Å²) in [7, 11) is 0.